The second-order valence-electron chi connectivity index (χ2n) is 5.30. The molecule has 0 aliphatic rings. The van der Waals surface area contributed by atoms with Crippen molar-refractivity contribution in [3.8, 4) is 0 Å². The molecule has 2 N–H and O–H groups in total. The Morgan fingerprint density at radius 2 is 1.62 bits per heavy atom. The quantitative estimate of drug-likeness (QED) is 0.818. The lowest BCUT2D eigenvalue weighted by Crippen LogP contribution is -2.37. The number of nitrogens with one attached hydrogen (secondary N) is 1. The first-order valence-electron chi connectivity index (χ1n) is 7.22. The maximum Gasteiger partial charge on any atom is 0.320 e. The van der Waals surface area contributed by atoms with Gasteiger partial charge in [-0.25, -0.2) is 0 Å². The zero-order valence-electron chi connectivity index (χ0n) is 12.2. The third-order valence-electron chi connectivity index (χ3n) is 3.65. The Balaban J connectivity index is 1.95. The molecule has 0 amide bonds. The summed E-state index contributed by atoms with van der Waals surface area (Å²) in [7, 11) is 0. The van der Waals surface area contributed by atoms with Gasteiger partial charge >= 0.3 is 5.97 Å². The highest BCUT2D eigenvalue weighted by Crippen LogP contribution is 2.20. The monoisotopic (exact) mass is 283 g/mol. The van der Waals surface area contributed by atoms with Crippen LogP contribution in [0.2, 0.25) is 0 Å². The summed E-state index contributed by atoms with van der Waals surface area (Å²) < 4.78 is 0. The van der Waals surface area contributed by atoms with Crippen LogP contribution in [-0.4, -0.2) is 17.1 Å². The Morgan fingerprint density at radius 1 is 1.05 bits per heavy atom. The maximum atomic E-state index is 11.4. The third kappa shape index (κ3) is 4.72. The predicted molar refractivity (Wildman–Crippen MR) is 84.2 cm³/mol. The van der Waals surface area contributed by atoms with E-state index in [0.29, 0.717) is 13.0 Å². The van der Waals surface area contributed by atoms with Crippen LogP contribution in [0.1, 0.15) is 30.4 Å². The summed E-state index contributed by atoms with van der Waals surface area (Å²) in [5.41, 5.74) is 2.27. The molecule has 3 nitrogen and oxygen atoms in total. The zero-order valence-corrected chi connectivity index (χ0v) is 12.2. The molecule has 0 heterocycles. The molecule has 0 saturated carbocycles. The normalized spacial score (nSPS) is 13.6. The molecule has 2 aromatic rings. The molecule has 2 atom stereocenters. The van der Waals surface area contributed by atoms with E-state index in [1.807, 2.05) is 60.7 Å². The van der Waals surface area contributed by atoms with Crippen molar-refractivity contribution in [2.24, 2.45) is 0 Å². The molecule has 0 fully saturated rings. The highest BCUT2D eigenvalue weighted by Gasteiger charge is 2.20. The van der Waals surface area contributed by atoms with Gasteiger partial charge in [0, 0.05) is 6.54 Å². The van der Waals surface area contributed by atoms with Crippen LogP contribution in [0.5, 0.6) is 0 Å². The van der Waals surface area contributed by atoms with Gasteiger partial charge in [-0.3, -0.25) is 4.79 Å². The number of hydrogen-bond acceptors (Lipinski definition) is 2. The average Bonchev–Trinajstić information content (AvgIpc) is 2.52. The van der Waals surface area contributed by atoms with Crippen LogP contribution in [0.25, 0.3) is 0 Å². The van der Waals surface area contributed by atoms with Crippen molar-refractivity contribution in [2.75, 3.05) is 0 Å². The fraction of sp³-hybridized carbons (Fsp3) is 0.278. The van der Waals surface area contributed by atoms with E-state index < -0.39 is 12.0 Å². The molecule has 2 rings (SSSR count). The molecular weight excluding hydrogens is 262 g/mol. The first-order valence-corrected chi connectivity index (χ1v) is 7.22. The van der Waals surface area contributed by atoms with E-state index in [4.69, 9.17) is 0 Å². The number of hydrogen-bond donors (Lipinski definition) is 2. The second kappa shape index (κ2) is 7.60. The van der Waals surface area contributed by atoms with Crippen LogP contribution in [0.4, 0.5) is 0 Å². The van der Waals surface area contributed by atoms with E-state index in [9.17, 15) is 9.90 Å². The average molecular weight is 283 g/mol. The van der Waals surface area contributed by atoms with E-state index in [0.717, 1.165) is 5.56 Å². The summed E-state index contributed by atoms with van der Waals surface area (Å²) in [6, 6.07) is 19.3. The smallest absolute Gasteiger partial charge is 0.320 e. The third-order valence-corrected chi connectivity index (χ3v) is 3.65. The second-order valence-corrected chi connectivity index (χ2v) is 5.30. The molecule has 2 aromatic carbocycles. The fourth-order valence-corrected chi connectivity index (χ4v) is 2.38. The van der Waals surface area contributed by atoms with Crippen molar-refractivity contribution in [2.45, 2.75) is 31.8 Å². The maximum absolute atomic E-state index is 11.4. The molecule has 0 aliphatic carbocycles. The standard InChI is InChI=1S/C18H21NO2/c1-14(16-10-6-3-7-11-16)12-17(18(20)21)19-13-15-8-4-2-5-9-15/h2-11,14,17,19H,12-13H2,1H3,(H,20,21). The van der Waals surface area contributed by atoms with Gasteiger partial charge in [0.25, 0.3) is 0 Å². The number of carboxylic acids is 1. The molecule has 3 heteroatoms. The summed E-state index contributed by atoms with van der Waals surface area (Å²) in [6.45, 7) is 2.63. The Bertz CT molecular complexity index is 554. The number of rotatable bonds is 7. The van der Waals surface area contributed by atoms with Crippen LogP contribution < -0.4 is 5.32 Å². The number of benzene rings is 2. The van der Waals surface area contributed by atoms with Gasteiger partial charge in [-0.15, -0.1) is 0 Å². The van der Waals surface area contributed by atoms with Crippen LogP contribution >= 0.6 is 0 Å². The SMILES string of the molecule is CC(CC(NCc1ccccc1)C(=O)O)c1ccccc1. The van der Waals surface area contributed by atoms with Gasteiger partial charge in [0.1, 0.15) is 6.04 Å². The minimum Gasteiger partial charge on any atom is -0.480 e. The van der Waals surface area contributed by atoms with E-state index in [1.165, 1.54) is 5.56 Å². The van der Waals surface area contributed by atoms with Crippen LogP contribution in [0, 0.1) is 0 Å². The van der Waals surface area contributed by atoms with Crippen LogP contribution in [0.15, 0.2) is 60.7 Å². The van der Waals surface area contributed by atoms with E-state index in [1.54, 1.807) is 0 Å². The molecule has 0 aromatic heterocycles. The van der Waals surface area contributed by atoms with Gasteiger partial charge in [-0.2, -0.15) is 0 Å². The van der Waals surface area contributed by atoms with E-state index in [2.05, 4.69) is 12.2 Å². The van der Waals surface area contributed by atoms with Crippen LogP contribution in [0.3, 0.4) is 0 Å². The van der Waals surface area contributed by atoms with Crippen LogP contribution in [-0.2, 0) is 11.3 Å². The predicted octanol–water partition coefficient (Wildman–Crippen LogP) is 3.42. The highest BCUT2D eigenvalue weighted by molar-refractivity contribution is 5.73. The molecule has 0 bridgehead atoms. The molecule has 0 radical (unpaired) electrons. The number of carbonyl (C=O) groups is 1. The molecule has 0 aliphatic heterocycles. The van der Waals surface area contributed by atoms with Gasteiger partial charge in [0.05, 0.1) is 0 Å². The van der Waals surface area contributed by atoms with E-state index >= 15 is 0 Å². The molecule has 0 spiro atoms. The first-order chi connectivity index (χ1) is 10.2. The summed E-state index contributed by atoms with van der Waals surface area (Å²) in [5, 5.41) is 12.5. The van der Waals surface area contributed by atoms with Gasteiger partial charge < -0.3 is 10.4 Å². The summed E-state index contributed by atoms with van der Waals surface area (Å²) in [6.07, 6.45) is 0.576. The Labute approximate surface area is 125 Å². The molecule has 0 saturated heterocycles. The number of carboxylic acid groups (broad SMARTS) is 1. The van der Waals surface area contributed by atoms with Crippen molar-refractivity contribution in [1.82, 2.24) is 5.32 Å². The van der Waals surface area contributed by atoms with Gasteiger partial charge in [-0.05, 0) is 23.5 Å². The van der Waals surface area contributed by atoms with Crippen molar-refractivity contribution >= 4 is 5.97 Å². The topological polar surface area (TPSA) is 49.3 Å². The molecule has 110 valence electrons. The first kappa shape index (κ1) is 15.3. The molecule has 2 unspecified atom stereocenters. The lowest BCUT2D eigenvalue weighted by Gasteiger charge is -2.19. The highest BCUT2D eigenvalue weighted by atomic mass is 16.4. The lowest BCUT2D eigenvalue weighted by atomic mass is 9.94. The Morgan fingerprint density at radius 3 is 2.19 bits per heavy atom. The minimum atomic E-state index is -0.797. The van der Waals surface area contributed by atoms with Crippen molar-refractivity contribution in [3.05, 3.63) is 71.8 Å². The van der Waals surface area contributed by atoms with Gasteiger partial charge in [0.15, 0.2) is 0 Å². The summed E-state index contributed by atoms with van der Waals surface area (Å²) in [5.74, 6) is -0.593. The van der Waals surface area contributed by atoms with Gasteiger partial charge in [0.2, 0.25) is 0 Å². The van der Waals surface area contributed by atoms with Crippen molar-refractivity contribution in [3.63, 3.8) is 0 Å². The largest absolute Gasteiger partial charge is 0.480 e. The van der Waals surface area contributed by atoms with Gasteiger partial charge in [-0.1, -0.05) is 67.6 Å². The number of aliphatic carboxylic acids is 1. The molecule has 21 heavy (non-hydrogen) atoms. The summed E-state index contributed by atoms with van der Waals surface area (Å²) >= 11 is 0. The lowest BCUT2D eigenvalue weighted by molar-refractivity contribution is -0.139. The molecular formula is C18H21NO2. The Kier molecular flexibility index (Phi) is 5.52. The summed E-state index contributed by atoms with van der Waals surface area (Å²) in [4.78, 5) is 11.4. The fourth-order valence-electron chi connectivity index (χ4n) is 2.38. The van der Waals surface area contributed by atoms with Crippen molar-refractivity contribution < 1.29 is 9.90 Å². The van der Waals surface area contributed by atoms with E-state index in [-0.39, 0.29) is 5.92 Å². The van der Waals surface area contributed by atoms with Crippen molar-refractivity contribution in [1.29, 1.82) is 0 Å². The Hall–Kier alpha value is -2.13. The zero-order chi connectivity index (χ0) is 15.1. The minimum absolute atomic E-state index is 0.204.